The molecule has 1 aromatic heterocycles. The molecule has 138 valence electrons. The van der Waals surface area contributed by atoms with Crippen LogP contribution in [0.1, 0.15) is 46.9 Å². The average molecular weight is 377 g/mol. The molecule has 27 heavy (non-hydrogen) atoms. The molecule has 3 rings (SSSR count). The lowest BCUT2D eigenvalue weighted by Gasteiger charge is -2.04. The molecule has 4 heteroatoms. The summed E-state index contributed by atoms with van der Waals surface area (Å²) in [5.41, 5.74) is 4.80. The predicted octanol–water partition coefficient (Wildman–Crippen LogP) is 5.82. The summed E-state index contributed by atoms with van der Waals surface area (Å²) >= 11 is 1.51. The second kappa shape index (κ2) is 8.78. The van der Waals surface area contributed by atoms with Gasteiger partial charge in [-0.25, -0.2) is 4.98 Å². The zero-order chi connectivity index (χ0) is 19.2. The van der Waals surface area contributed by atoms with Gasteiger partial charge in [0.1, 0.15) is 0 Å². The van der Waals surface area contributed by atoms with E-state index in [9.17, 15) is 4.79 Å². The van der Waals surface area contributed by atoms with Crippen LogP contribution in [0.5, 0.6) is 0 Å². The number of carbonyl (C=O) groups is 1. The lowest BCUT2D eigenvalue weighted by molar-refractivity contribution is -0.111. The maximum absolute atomic E-state index is 12.1. The third kappa shape index (κ3) is 5.63. The highest BCUT2D eigenvalue weighted by Gasteiger charge is 2.06. The highest BCUT2D eigenvalue weighted by atomic mass is 32.1. The summed E-state index contributed by atoms with van der Waals surface area (Å²) in [6, 6.07) is 16.7. The van der Waals surface area contributed by atoms with E-state index in [1.807, 2.05) is 24.4 Å². The fourth-order valence-electron chi connectivity index (χ4n) is 2.78. The van der Waals surface area contributed by atoms with Crippen molar-refractivity contribution in [2.45, 2.75) is 33.1 Å². The molecular weight excluding hydrogens is 352 g/mol. The van der Waals surface area contributed by atoms with E-state index in [0.717, 1.165) is 16.9 Å². The molecule has 0 aliphatic rings. The molecule has 0 fully saturated rings. The summed E-state index contributed by atoms with van der Waals surface area (Å²) in [6.07, 6.45) is 6.02. The molecule has 3 aromatic rings. The first-order chi connectivity index (χ1) is 13.0. The Morgan fingerprint density at radius 2 is 1.96 bits per heavy atom. The van der Waals surface area contributed by atoms with Gasteiger partial charge in [-0.3, -0.25) is 10.1 Å². The van der Waals surface area contributed by atoms with Gasteiger partial charge in [0.2, 0.25) is 5.91 Å². The first-order valence-electron chi connectivity index (χ1n) is 9.09. The van der Waals surface area contributed by atoms with Crippen LogP contribution >= 0.6 is 11.3 Å². The number of nitrogens with zero attached hydrogens (tertiary/aromatic N) is 1. The number of hydrogen-bond acceptors (Lipinski definition) is 3. The Hall–Kier alpha value is -2.72. The number of benzene rings is 2. The second-order valence-corrected chi connectivity index (χ2v) is 8.06. The van der Waals surface area contributed by atoms with Crippen LogP contribution in [0.4, 0.5) is 5.13 Å². The van der Waals surface area contributed by atoms with Gasteiger partial charge in [0.25, 0.3) is 0 Å². The molecule has 0 saturated carbocycles. The van der Waals surface area contributed by atoms with Crippen molar-refractivity contribution in [2.24, 2.45) is 0 Å². The van der Waals surface area contributed by atoms with Gasteiger partial charge in [-0.05, 0) is 35.6 Å². The van der Waals surface area contributed by atoms with Crippen molar-refractivity contribution in [1.82, 2.24) is 4.98 Å². The van der Waals surface area contributed by atoms with Crippen molar-refractivity contribution in [2.75, 3.05) is 5.32 Å². The molecule has 0 radical (unpaired) electrons. The minimum atomic E-state index is -0.167. The summed E-state index contributed by atoms with van der Waals surface area (Å²) in [7, 11) is 0. The Balaban J connectivity index is 1.57. The zero-order valence-electron chi connectivity index (χ0n) is 15.9. The molecule has 0 aliphatic heterocycles. The molecule has 0 spiro atoms. The lowest BCUT2D eigenvalue weighted by Crippen LogP contribution is -2.07. The quantitative estimate of drug-likeness (QED) is 0.551. The monoisotopic (exact) mass is 376 g/mol. The van der Waals surface area contributed by atoms with Gasteiger partial charge in [-0.15, -0.1) is 11.3 Å². The van der Waals surface area contributed by atoms with Gasteiger partial charge in [0.15, 0.2) is 5.13 Å². The van der Waals surface area contributed by atoms with E-state index in [1.54, 1.807) is 6.08 Å². The fourth-order valence-corrected chi connectivity index (χ4v) is 3.63. The van der Waals surface area contributed by atoms with Crippen LogP contribution in [0, 0.1) is 6.92 Å². The first-order valence-corrected chi connectivity index (χ1v) is 9.90. The van der Waals surface area contributed by atoms with Crippen LogP contribution in [0.3, 0.4) is 0 Å². The number of hydrogen-bond donors (Lipinski definition) is 1. The number of rotatable bonds is 6. The van der Waals surface area contributed by atoms with Gasteiger partial charge in [-0.1, -0.05) is 67.9 Å². The number of carbonyl (C=O) groups excluding carboxylic acids is 1. The second-order valence-electron chi connectivity index (χ2n) is 6.94. The van der Waals surface area contributed by atoms with Crippen LogP contribution in [-0.2, 0) is 11.2 Å². The van der Waals surface area contributed by atoms with Crippen molar-refractivity contribution in [3.05, 3.63) is 87.9 Å². The number of amides is 1. The Bertz CT molecular complexity index is 939. The van der Waals surface area contributed by atoms with Gasteiger partial charge in [0, 0.05) is 23.6 Å². The normalized spacial score (nSPS) is 11.3. The Labute approximate surface area is 164 Å². The molecule has 0 aliphatic carbocycles. The number of thiazole rings is 1. The average Bonchev–Trinajstić information content (AvgIpc) is 3.07. The van der Waals surface area contributed by atoms with Crippen LogP contribution in [0.2, 0.25) is 0 Å². The lowest BCUT2D eigenvalue weighted by atomic mass is 10.0. The van der Waals surface area contributed by atoms with Gasteiger partial charge in [-0.2, -0.15) is 0 Å². The minimum Gasteiger partial charge on any atom is -0.298 e. The smallest absolute Gasteiger partial charge is 0.250 e. The Kier molecular flexibility index (Phi) is 6.20. The minimum absolute atomic E-state index is 0.167. The molecular formula is C23H24N2OS. The van der Waals surface area contributed by atoms with E-state index in [0.29, 0.717) is 11.0 Å². The summed E-state index contributed by atoms with van der Waals surface area (Å²) < 4.78 is 0. The summed E-state index contributed by atoms with van der Waals surface area (Å²) in [5.74, 6) is 0.338. The fraction of sp³-hybridized carbons (Fsp3) is 0.217. The van der Waals surface area contributed by atoms with Gasteiger partial charge in [0.05, 0.1) is 0 Å². The van der Waals surface area contributed by atoms with E-state index in [4.69, 9.17) is 0 Å². The van der Waals surface area contributed by atoms with E-state index < -0.39 is 0 Å². The van der Waals surface area contributed by atoms with Crippen LogP contribution < -0.4 is 5.32 Å². The molecule has 1 N–H and O–H groups in total. The van der Waals surface area contributed by atoms with Crippen molar-refractivity contribution in [3.8, 4) is 0 Å². The summed E-state index contributed by atoms with van der Waals surface area (Å²) in [6.45, 7) is 6.42. The Morgan fingerprint density at radius 3 is 2.67 bits per heavy atom. The number of anilines is 1. The van der Waals surface area contributed by atoms with E-state index in [-0.39, 0.29) is 5.91 Å². The van der Waals surface area contributed by atoms with Crippen molar-refractivity contribution in [1.29, 1.82) is 0 Å². The molecule has 1 amide bonds. The highest BCUT2D eigenvalue weighted by Crippen LogP contribution is 2.22. The molecule has 3 nitrogen and oxygen atoms in total. The predicted molar refractivity (Wildman–Crippen MR) is 114 cm³/mol. The van der Waals surface area contributed by atoms with Crippen LogP contribution in [0.25, 0.3) is 6.08 Å². The topological polar surface area (TPSA) is 42.0 Å². The maximum Gasteiger partial charge on any atom is 0.250 e. The van der Waals surface area contributed by atoms with Crippen LogP contribution in [-0.4, -0.2) is 10.9 Å². The molecule has 2 aromatic carbocycles. The molecule has 0 unspecified atom stereocenters. The molecule has 0 saturated heterocycles. The van der Waals surface area contributed by atoms with E-state index >= 15 is 0 Å². The van der Waals surface area contributed by atoms with Crippen LogP contribution in [0.15, 0.2) is 60.8 Å². The van der Waals surface area contributed by atoms with Crippen molar-refractivity contribution >= 4 is 28.5 Å². The third-order valence-electron chi connectivity index (χ3n) is 4.27. The molecule has 1 heterocycles. The molecule has 0 atom stereocenters. The standard InChI is InChI=1S/C23H24N2OS/c1-16(2)20-10-7-18(8-11-20)9-12-22(26)25-23-24-15-21(27-23)14-19-6-4-5-17(3)13-19/h4-13,15-16H,14H2,1-3H3,(H,24,25,26)/b12-9+. The van der Waals surface area contributed by atoms with E-state index in [2.05, 4.69) is 67.5 Å². The molecule has 0 bridgehead atoms. The van der Waals surface area contributed by atoms with E-state index in [1.165, 1.54) is 28.0 Å². The number of nitrogens with one attached hydrogen (secondary N) is 1. The third-order valence-corrected chi connectivity index (χ3v) is 5.19. The number of aryl methyl sites for hydroxylation is 1. The summed E-state index contributed by atoms with van der Waals surface area (Å²) in [5, 5.41) is 3.47. The zero-order valence-corrected chi connectivity index (χ0v) is 16.7. The first kappa shape index (κ1) is 19.1. The maximum atomic E-state index is 12.1. The number of aromatic nitrogens is 1. The van der Waals surface area contributed by atoms with Gasteiger partial charge >= 0.3 is 0 Å². The largest absolute Gasteiger partial charge is 0.298 e. The van der Waals surface area contributed by atoms with Crippen molar-refractivity contribution < 1.29 is 4.79 Å². The Morgan fingerprint density at radius 1 is 1.19 bits per heavy atom. The summed E-state index contributed by atoms with van der Waals surface area (Å²) in [4.78, 5) is 17.6. The van der Waals surface area contributed by atoms with Crippen molar-refractivity contribution in [3.63, 3.8) is 0 Å². The SMILES string of the molecule is Cc1cccc(Cc2cnc(NC(=O)/C=C/c3ccc(C(C)C)cc3)s2)c1. The van der Waals surface area contributed by atoms with Gasteiger partial charge < -0.3 is 0 Å². The highest BCUT2D eigenvalue weighted by molar-refractivity contribution is 7.15.